The Morgan fingerprint density at radius 3 is 2.76 bits per heavy atom. The Hall–Kier alpha value is -1.06. The first-order valence-corrected chi connectivity index (χ1v) is 6.04. The van der Waals surface area contributed by atoms with Gasteiger partial charge in [-0.2, -0.15) is 0 Å². The van der Waals surface area contributed by atoms with Gasteiger partial charge in [0.05, 0.1) is 29.3 Å². The molecule has 2 rings (SSSR count). The van der Waals surface area contributed by atoms with Crippen LogP contribution in [-0.4, -0.2) is 36.1 Å². The first-order chi connectivity index (χ1) is 8.02. The van der Waals surface area contributed by atoms with Crippen molar-refractivity contribution in [2.75, 3.05) is 19.8 Å². The molecule has 1 aromatic rings. The van der Waals surface area contributed by atoms with Crippen LogP contribution < -0.4 is 0 Å². The zero-order chi connectivity index (χ0) is 12.5. The molecule has 1 aliphatic heterocycles. The van der Waals surface area contributed by atoms with Crippen molar-refractivity contribution in [3.05, 3.63) is 34.9 Å². The fourth-order valence-corrected chi connectivity index (χ4v) is 2.23. The maximum atomic E-state index is 12.4. The molecule has 1 aromatic carbocycles. The maximum Gasteiger partial charge on any atom is 0.255 e. The summed E-state index contributed by atoms with van der Waals surface area (Å²) in [6, 6.07) is 7.15. The van der Waals surface area contributed by atoms with Gasteiger partial charge < -0.3 is 9.64 Å². The molecule has 1 fully saturated rings. The van der Waals surface area contributed by atoms with Crippen LogP contribution in [0, 0.1) is 0 Å². The number of carbonyl (C=O) groups excluding carboxylic acids is 1. The molecule has 0 unspecified atom stereocenters. The van der Waals surface area contributed by atoms with Crippen molar-refractivity contribution in [1.82, 2.24) is 4.90 Å². The lowest BCUT2D eigenvalue weighted by atomic mass is 10.0. The highest BCUT2D eigenvalue weighted by molar-refractivity contribution is 6.33. The topological polar surface area (TPSA) is 29.5 Å². The van der Waals surface area contributed by atoms with Crippen molar-refractivity contribution in [3.8, 4) is 0 Å². The summed E-state index contributed by atoms with van der Waals surface area (Å²) in [6.07, 6.45) is 0. The first kappa shape index (κ1) is 12.4. The third-order valence-electron chi connectivity index (χ3n) is 2.99. The monoisotopic (exact) mass is 253 g/mol. The summed E-state index contributed by atoms with van der Waals surface area (Å²) in [6.45, 7) is 5.75. The molecule has 0 radical (unpaired) electrons. The predicted molar refractivity (Wildman–Crippen MR) is 67.4 cm³/mol. The standard InChI is InChI=1S/C13H16ClNO2/c1-13(2)9-17-8-7-15(13)12(16)10-5-3-4-6-11(10)14/h3-6H,7-9H2,1-2H3. The molecule has 3 nitrogen and oxygen atoms in total. The van der Waals surface area contributed by atoms with E-state index in [1.54, 1.807) is 12.1 Å². The summed E-state index contributed by atoms with van der Waals surface area (Å²) in [5.41, 5.74) is 0.276. The molecule has 1 amide bonds. The van der Waals surface area contributed by atoms with Crippen LogP contribution in [0.5, 0.6) is 0 Å². The Morgan fingerprint density at radius 2 is 2.12 bits per heavy atom. The summed E-state index contributed by atoms with van der Waals surface area (Å²) in [5, 5.41) is 0.500. The summed E-state index contributed by atoms with van der Waals surface area (Å²) in [4.78, 5) is 14.3. The van der Waals surface area contributed by atoms with Crippen LogP contribution in [0.15, 0.2) is 24.3 Å². The van der Waals surface area contributed by atoms with Gasteiger partial charge in [0.2, 0.25) is 0 Å². The minimum atomic E-state index is -0.283. The highest BCUT2D eigenvalue weighted by atomic mass is 35.5. The molecular weight excluding hydrogens is 238 g/mol. The van der Waals surface area contributed by atoms with Crippen LogP contribution in [0.2, 0.25) is 5.02 Å². The molecule has 1 aliphatic rings. The molecule has 1 heterocycles. The van der Waals surface area contributed by atoms with E-state index < -0.39 is 0 Å². The van der Waals surface area contributed by atoms with E-state index in [1.807, 2.05) is 30.9 Å². The molecule has 0 aromatic heterocycles. The normalized spacial score (nSPS) is 19.1. The number of hydrogen-bond donors (Lipinski definition) is 0. The Labute approximate surface area is 106 Å². The molecule has 0 spiro atoms. The van der Waals surface area contributed by atoms with Gasteiger partial charge in [-0.15, -0.1) is 0 Å². The van der Waals surface area contributed by atoms with Gasteiger partial charge in [0.25, 0.3) is 5.91 Å². The van der Waals surface area contributed by atoms with Gasteiger partial charge in [-0.05, 0) is 26.0 Å². The van der Waals surface area contributed by atoms with Gasteiger partial charge in [0.15, 0.2) is 0 Å². The van der Waals surface area contributed by atoms with Crippen LogP contribution >= 0.6 is 11.6 Å². The lowest BCUT2D eigenvalue weighted by Crippen LogP contribution is -2.55. The van der Waals surface area contributed by atoms with E-state index in [-0.39, 0.29) is 11.4 Å². The van der Waals surface area contributed by atoms with Crippen LogP contribution in [0.25, 0.3) is 0 Å². The second-order valence-corrected chi connectivity index (χ2v) is 5.21. The largest absolute Gasteiger partial charge is 0.377 e. The van der Waals surface area contributed by atoms with Gasteiger partial charge >= 0.3 is 0 Å². The van der Waals surface area contributed by atoms with Gasteiger partial charge in [0.1, 0.15) is 0 Å². The zero-order valence-corrected chi connectivity index (χ0v) is 10.8. The second kappa shape index (κ2) is 4.67. The lowest BCUT2D eigenvalue weighted by molar-refractivity contribution is -0.0370. The van der Waals surface area contributed by atoms with Crippen molar-refractivity contribution < 1.29 is 9.53 Å². The van der Waals surface area contributed by atoms with E-state index in [2.05, 4.69) is 0 Å². The maximum absolute atomic E-state index is 12.4. The average molecular weight is 254 g/mol. The molecule has 92 valence electrons. The number of rotatable bonds is 1. The molecule has 0 saturated carbocycles. The van der Waals surface area contributed by atoms with E-state index in [9.17, 15) is 4.79 Å². The Bertz CT molecular complexity index is 431. The van der Waals surface area contributed by atoms with E-state index in [4.69, 9.17) is 16.3 Å². The summed E-state index contributed by atoms with van der Waals surface area (Å²) >= 11 is 6.05. The number of morpholine rings is 1. The number of halogens is 1. The Kier molecular flexibility index (Phi) is 3.40. The molecule has 0 bridgehead atoms. The Morgan fingerprint density at radius 1 is 1.41 bits per heavy atom. The third kappa shape index (κ3) is 2.45. The molecule has 17 heavy (non-hydrogen) atoms. The van der Waals surface area contributed by atoms with Gasteiger partial charge in [-0.1, -0.05) is 23.7 Å². The minimum Gasteiger partial charge on any atom is -0.377 e. The number of benzene rings is 1. The minimum absolute atomic E-state index is 0.0242. The highest BCUT2D eigenvalue weighted by Crippen LogP contribution is 2.24. The number of nitrogens with zero attached hydrogens (tertiary/aromatic N) is 1. The first-order valence-electron chi connectivity index (χ1n) is 5.66. The number of amides is 1. The molecular formula is C13H16ClNO2. The van der Waals surface area contributed by atoms with Gasteiger partial charge in [-0.3, -0.25) is 4.79 Å². The molecule has 1 saturated heterocycles. The van der Waals surface area contributed by atoms with Crippen LogP contribution in [0.1, 0.15) is 24.2 Å². The SMILES string of the molecule is CC1(C)COCCN1C(=O)c1ccccc1Cl. The van der Waals surface area contributed by atoms with E-state index in [1.165, 1.54) is 0 Å². The highest BCUT2D eigenvalue weighted by Gasteiger charge is 2.35. The Balaban J connectivity index is 2.28. The van der Waals surface area contributed by atoms with Crippen LogP contribution in [0.4, 0.5) is 0 Å². The number of hydrogen-bond acceptors (Lipinski definition) is 2. The van der Waals surface area contributed by atoms with E-state index in [0.717, 1.165) is 0 Å². The van der Waals surface area contributed by atoms with Crippen molar-refractivity contribution in [2.24, 2.45) is 0 Å². The lowest BCUT2D eigenvalue weighted by Gasteiger charge is -2.42. The van der Waals surface area contributed by atoms with E-state index in [0.29, 0.717) is 30.3 Å². The molecule has 0 atom stereocenters. The fraction of sp³-hybridized carbons (Fsp3) is 0.462. The fourth-order valence-electron chi connectivity index (χ4n) is 2.01. The van der Waals surface area contributed by atoms with Crippen molar-refractivity contribution >= 4 is 17.5 Å². The third-order valence-corrected chi connectivity index (χ3v) is 3.32. The van der Waals surface area contributed by atoms with Gasteiger partial charge in [0, 0.05) is 6.54 Å². The molecule has 4 heteroatoms. The van der Waals surface area contributed by atoms with Crippen molar-refractivity contribution in [3.63, 3.8) is 0 Å². The predicted octanol–water partition coefficient (Wildman–Crippen LogP) is 2.59. The number of carbonyl (C=O) groups is 1. The summed E-state index contributed by atoms with van der Waals surface area (Å²) in [7, 11) is 0. The number of ether oxygens (including phenoxy) is 1. The van der Waals surface area contributed by atoms with Gasteiger partial charge in [-0.25, -0.2) is 0 Å². The zero-order valence-electron chi connectivity index (χ0n) is 10.1. The molecule has 0 aliphatic carbocycles. The second-order valence-electron chi connectivity index (χ2n) is 4.80. The van der Waals surface area contributed by atoms with Crippen molar-refractivity contribution in [1.29, 1.82) is 0 Å². The average Bonchev–Trinajstić information content (AvgIpc) is 2.28. The smallest absolute Gasteiger partial charge is 0.255 e. The summed E-state index contributed by atoms with van der Waals surface area (Å²) < 4.78 is 5.40. The quantitative estimate of drug-likeness (QED) is 0.770. The van der Waals surface area contributed by atoms with Crippen LogP contribution in [0.3, 0.4) is 0 Å². The van der Waals surface area contributed by atoms with Crippen LogP contribution in [-0.2, 0) is 4.74 Å². The molecule has 0 N–H and O–H groups in total. The van der Waals surface area contributed by atoms with Crippen molar-refractivity contribution in [2.45, 2.75) is 19.4 Å². The van der Waals surface area contributed by atoms with E-state index >= 15 is 0 Å². The summed E-state index contributed by atoms with van der Waals surface area (Å²) in [5.74, 6) is -0.0242.